The van der Waals surface area contributed by atoms with E-state index in [0.29, 0.717) is 19.5 Å². The third kappa shape index (κ3) is 3.95. The summed E-state index contributed by atoms with van der Waals surface area (Å²) < 4.78 is 0. The van der Waals surface area contributed by atoms with E-state index in [1.54, 1.807) is 0 Å². The van der Waals surface area contributed by atoms with Crippen LogP contribution in [-0.2, 0) is 17.9 Å². The average Bonchev–Trinajstić information content (AvgIpc) is 2.48. The summed E-state index contributed by atoms with van der Waals surface area (Å²) in [7, 11) is 0. The van der Waals surface area contributed by atoms with Crippen molar-refractivity contribution in [2.75, 3.05) is 0 Å². The molecular formula is C17H18NO. The molecule has 0 aromatic heterocycles. The lowest BCUT2D eigenvalue weighted by molar-refractivity contribution is -0.131. The largest absolute Gasteiger partial charge is 0.334 e. The molecule has 1 amide bonds. The number of hydrogen-bond donors (Lipinski definition) is 0. The summed E-state index contributed by atoms with van der Waals surface area (Å²) >= 11 is 0. The molecule has 97 valence electrons. The van der Waals surface area contributed by atoms with Crippen molar-refractivity contribution in [2.24, 2.45) is 0 Å². The Morgan fingerprint density at radius 2 is 1.26 bits per heavy atom. The van der Waals surface area contributed by atoms with Crippen LogP contribution in [0, 0.1) is 6.92 Å². The van der Waals surface area contributed by atoms with E-state index < -0.39 is 0 Å². The summed E-state index contributed by atoms with van der Waals surface area (Å²) in [6, 6.07) is 20.1. The van der Waals surface area contributed by atoms with Gasteiger partial charge in [-0.25, -0.2) is 0 Å². The van der Waals surface area contributed by atoms with Crippen molar-refractivity contribution in [3.63, 3.8) is 0 Å². The summed E-state index contributed by atoms with van der Waals surface area (Å²) in [5.74, 6) is 0.0766. The summed E-state index contributed by atoms with van der Waals surface area (Å²) in [6.45, 7) is 4.96. The van der Waals surface area contributed by atoms with E-state index in [1.165, 1.54) is 0 Å². The van der Waals surface area contributed by atoms with Gasteiger partial charge in [0.1, 0.15) is 0 Å². The standard InChI is InChI=1S/C17H18NO/c1-2-17(19)18(13-15-9-5-3-6-10-15)14-16-11-7-4-8-12-16/h3-12H,1-2,13-14H2. The van der Waals surface area contributed by atoms with Crippen LogP contribution in [0.15, 0.2) is 60.7 Å². The monoisotopic (exact) mass is 252 g/mol. The number of hydrogen-bond acceptors (Lipinski definition) is 1. The minimum Gasteiger partial charge on any atom is -0.334 e. The highest BCUT2D eigenvalue weighted by atomic mass is 16.2. The maximum absolute atomic E-state index is 12.0. The Kier molecular flexibility index (Phi) is 4.73. The van der Waals surface area contributed by atoms with Crippen LogP contribution in [0.2, 0.25) is 0 Å². The molecule has 0 saturated carbocycles. The zero-order chi connectivity index (χ0) is 13.5. The van der Waals surface area contributed by atoms with Gasteiger partial charge in [-0.05, 0) is 18.1 Å². The molecule has 0 fully saturated rings. The van der Waals surface area contributed by atoms with Gasteiger partial charge in [0.25, 0.3) is 0 Å². The van der Waals surface area contributed by atoms with Crippen LogP contribution >= 0.6 is 0 Å². The first-order chi connectivity index (χ1) is 9.29. The summed E-state index contributed by atoms with van der Waals surface area (Å²) in [6.07, 6.45) is 0.291. The van der Waals surface area contributed by atoms with Gasteiger partial charge in [0.05, 0.1) is 0 Å². The normalized spacial score (nSPS) is 10.2. The third-order valence-corrected chi connectivity index (χ3v) is 3.00. The van der Waals surface area contributed by atoms with Gasteiger partial charge >= 0.3 is 0 Å². The Morgan fingerprint density at radius 3 is 1.63 bits per heavy atom. The Labute approximate surface area is 114 Å². The molecule has 2 aromatic carbocycles. The molecule has 0 heterocycles. The number of rotatable bonds is 5. The maximum atomic E-state index is 12.0. The molecule has 2 nitrogen and oxygen atoms in total. The van der Waals surface area contributed by atoms with Crippen molar-refractivity contribution in [1.82, 2.24) is 4.90 Å². The summed E-state index contributed by atoms with van der Waals surface area (Å²) in [5, 5.41) is 0. The van der Waals surface area contributed by atoms with Gasteiger partial charge in [0, 0.05) is 19.5 Å². The van der Waals surface area contributed by atoms with Crippen LogP contribution in [0.25, 0.3) is 0 Å². The number of benzene rings is 2. The molecule has 0 aliphatic carbocycles. The summed E-state index contributed by atoms with van der Waals surface area (Å²) in [4.78, 5) is 13.8. The third-order valence-electron chi connectivity index (χ3n) is 3.00. The molecule has 1 radical (unpaired) electrons. The first kappa shape index (κ1) is 13.3. The number of amides is 1. The number of carbonyl (C=O) groups is 1. The van der Waals surface area contributed by atoms with Crippen LogP contribution in [0.4, 0.5) is 0 Å². The van der Waals surface area contributed by atoms with Crippen LogP contribution in [0.5, 0.6) is 0 Å². The zero-order valence-corrected chi connectivity index (χ0v) is 11.0. The molecule has 0 spiro atoms. The van der Waals surface area contributed by atoms with Crippen LogP contribution in [-0.4, -0.2) is 10.8 Å². The predicted octanol–water partition coefficient (Wildman–Crippen LogP) is 3.44. The van der Waals surface area contributed by atoms with E-state index in [0.717, 1.165) is 11.1 Å². The Morgan fingerprint density at radius 1 is 0.842 bits per heavy atom. The molecule has 2 heteroatoms. The molecular weight excluding hydrogens is 234 g/mol. The maximum Gasteiger partial charge on any atom is 0.223 e. The smallest absolute Gasteiger partial charge is 0.223 e. The van der Waals surface area contributed by atoms with Gasteiger partial charge in [0.2, 0.25) is 5.91 Å². The molecule has 0 bridgehead atoms. The molecule has 0 saturated heterocycles. The van der Waals surface area contributed by atoms with Crippen molar-refractivity contribution in [3.8, 4) is 0 Å². The molecule has 0 N–H and O–H groups in total. The van der Waals surface area contributed by atoms with Crippen molar-refractivity contribution < 1.29 is 4.79 Å². The van der Waals surface area contributed by atoms with E-state index in [9.17, 15) is 4.79 Å². The van der Waals surface area contributed by atoms with Crippen LogP contribution in [0.1, 0.15) is 17.5 Å². The lowest BCUT2D eigenvalue weighted by Gasteiger charge is -2.22. The number of carbonyl (C=O) groups excluding carboxylic acids is 1. The number of nitrogens with zero attached hydrogens (tertiary/aromatic N) is 1. The average molecular weight is 252 g/mol. The molecule has 0 atom stereocenters. The van der Waals surface area contributed by atoms with Gasteiger partial charge in [-0.15, -0.1) is 0 Å². The second-order valence-electron chi connectivity index (χ2n) is 4.47. The highest BCUT2D eigenvalue weighted by molar-refractivity contribution is 5.76. The zero-order valence-electron chi connectivity index (χ0n) is 11.0. The predicted molar refractivity (Wildman–Crippen MR) is 77.1 cm³/mol. The topological polar surface area (TPSA) is 20.3 Å². The summed E-state index contributed by atoms with van der Waals surface area (Å²) in [5.41, 5.74) is 2.28. The van der Waals surface area contributed by atoms with Crippen LogP contribution in [0.3, 0.4) is 0 Å². The van der Waals surface area contributed by atoms with E-state index in [2.05, 4.69) is 6.92 Å². The van der Waals surface area contributed by atoms with Crippen LogP contribution < -0.4 is 0 Å². The highest BCUT2D eigenvalue weighted by Gasteiger charge is 2.12. The Hall–Kier alpha value is -2.09. The molecule has 2 aromatic rings. The lowest BCUT2D eigenvalue weighted by Crippen LogP contribution is -2.29. The minimum absolute atomic E-state index is 0.0766. The fraction of sp³-hybridized carbons (Fsp3) is 0.176. The molecule has 0 aliphatic rings. The van der Waals surface area contributed by atoms with Crippen molar-refractivity contribution >= 4 is 5.91 Å². The van der Waals surface area contributed by atoms with Gasteiger partial charge in [-0.1, -0.05) is 60.7 Å². The molecule has 2 rings (SSSR count). The molecule has 0 unspecified atom stereocenters. The second-order valence-corrected chi connectivity index (χ2v) is 4.47. The first-order valence-electron chi connectivity index (χ1n) is 6.44. The SMILES string of the molecule is [CH2]CC(=O)N(Cc1ccccc1)Cc1ccccc1. The van der Waals surface area contributed by atoms with E-state index >= 15 is 0 Å². The minimum atomic E-state index is 0.0766. The van der Waals surface area contributed by atoms with Gasteiger partial charge < -0.3 is 4.90 Å². The Balaban J connectivity index is 2.10. The first-order valence-corrected chi connectivity index (χ1v) is 6.44. The van der Waals surface area contributed by atoms with Crippen molar-refractivity contribution in [1.29, 1.82) is 0 Å². The lowest BCUT2D eigenvalue weighted by atomic mass is 10.1. The molecule has 19 heavy (non-hydrogen) atoms. The van der Waals surface area contributed by atoms with Gasteiger partial charge in [-0.3, -0.25) is 4.79 Å². The fourth-order valence-electron chi connectivity index (χ4n) is 2.00. The van der Waals surface area contributed by atoms with Gasteiger partial charge in [0.15, 0.2) is 0 Å². The Bertz CT molecular complexity index is 466. The van der Waals surface area contributed by atoms with E-state index in [-0.39, 0.29) is 5.91 Å². The second kappa shape index (κ2) is 6.74. The van der Waals surface area contributed by atoms with Crippen molar-refractivity contribution in [3.05, 3.63) is 78.7 Å². The van der Waals surface area contributed by atoms with E-state index in [4.69, 9.17) is 0 Å². The van der Waals surface area contributed by atoms with Gasteiger partial charge in [-0.2, -0.15) is 0 Å². The molecule has 0 aliphatic heterocycles. The quantitative estimate of drug-likeness (QED) is 0.798. The fourth-order valence-corrected chi connectivity index (χ4v) is 2.00. The highest BCUT2D eigenvalue weighted by Crippen LogP contribution is 2.11. The van der Waals surface area contributed by atoms with Crippen molar-refractivity contribution in [2.45, 2.75) is 19.5 Å². The van der Waals surface area contributed by atoms with E-state index in [1.807, 2.05) is 65.6 Å².